The minimum absolute atomic E-state index is 0.925. The lowest BCUT2D eigenvalue weighted by molar-refractivity contribution is 0.953. The van der Waals surface area contributed by atoms with Crippen LogP contribution in [0, 0.1) is 0 Å². The van der Waals surface area contributed by atoms with Gasteiger partial charge in [-0.3, -0.25) is 0 Å². The Labute approximate surface area is 108 Å². The number of aromatic nitrogens is 3. The van der Waals surface area contributed by atoms with Crippen LogP contribution >= 0.6 is 50.8 Å². The van der Waals surface area contributed by atoms with Crippen LogP contribution in [0.4, 0.5) is 0 Å². The highest BCUT2D eigenvalue weighted by Crippen LogP contribution is 2.31. The largest absolute Gasteiger partial charge is 0.248 e. The smallest absolute Gasteiger partial charge is 0.181 e. The monoisotopic (exact) mass is 319 g/mol. The van der Waals surface area contributed by atoms with Crippen molar-refractivity contribution in [2.45, 2.75) is 13.7 Å². The number of hydrogen-bond donors (Lipinski definition) is 0. The molecule has 3 nitrogen and oxygen atoms in total. The van der Waals surface area contributed by atoms with Crippen molar-refractivity contribution in [1.82, 2.24) is 15.2 Å². The highest BCUT2D eigenvalue weighted by molar-refractivity contribution is 9.10. The first kappa shape index (κ1) is 11.4. The van der Waals surface area contributed by atoms with E-state index in [4.69, 9.17) is 0 Å². The second kappa shape index (κ2) is 5.29. The van der Waals surface area contributed by atoms with Crippen molar-refractivity contribution in [1.29, 1.82) is 0 Å². The summed E-state index contributed by atoms with van der Waals surface area (Å²) in [5.74, 6) is 0. The summed E-state index contributed by atoms with van der Waals surface area (Å²) in [5, 5.41) is 9.02. The Bertz CT molecular complexity index is 443. The van der Waals surface area contributed by atoms with Gasteiger partial charge in [-0.1, -0.05) is 23.1 Å². The van der Waals surface area contributed by atoms with Crippen LogP contribution in [0.1, 0.15) is 0 Å². The zero-order valence-corrected chi connectivity index (χ0v) is 11.7. The molecule has 0 atom stereocenters. The first-order chi connectivity index (χ1) is 7.28. The Kier molecular flexibility index (Phi) is 4.01. The maximum atomic E-state index is 4.26. The summed E-state index contributed by atoms with van der Waals surface area (Å²) in [6, 6.07) is 3.92. The average molecular weight is 320 g/mol. The van der Waals surface area contributed by atoms with Crippen molar-refractivity contribution < 1.29 is 0 Å². The molecule has 0 aliphatic heterocycles. The number of pyridine rings is 1. The number of rotatable bonds is 3. The molecular formula is C8H6BrN3S3. The summed E-state index contributed by atoms with van der Waals surface area (Å²) >= 11 is 8.07. The van der Waals surface area contributed by atoms with E-state index in [2.05, 4.69) is 31.1 Å². The molecule has 2 aromatic heterocycles. The summed E-state index contributed by atoms with van der Waals surface area (Å²) in [6.07, 6.45) is 3.77. The molecule has 7 heteroatoms. The molecule has 2 aromatic rings. The molecule has 78 valence electrons. The van der Waals surface area contributed by atoms with E-state index >= 15 is 0 Å². The zero-order chi connectivity index (χ0) is 10.7. The van der Waals surface area contributed by atoms with Gasteiger partial charge in [0.2, 0.25) is 0 Å². The predicted octanol–water partition coefficient (Wildman–Crippen LogP) is 3.57. The summed E-state index contributed by atoms with van der Waals surface area (Å²) in [4.78, 5) is 4.26. The van der Waals surface area contributed by atoms with Crippen molar-refractivity contribution in [3.63, 3.8) is 0 Å². The van der Waals surface area contributed by atoms with Crippen LogP contribution in [-0.4, -0.2) is 21.4 Å². The van der Waals surface area contributed by atoms with Crippen LogP contribution < -0.4 is 0 Å². The van der Waals surface area contributed by atoms with E-state index in [1.165, 1.54) is 11.8 Å². The standard InChI is InChI=1S/C8H6BrN3S3/c1-13-7-11-12-8(15-7)14-6-3-2-5(9)4-10-6/h2-4H,1H3. The molecule has 15 heavy (non-hydrogen) atoms. The van der Waals surface area contributed by atoms with Crippen LogP contribution in [0.2, 0.25) is 0 Å². The average Bonchev–Trinajstić information content (AvgIpc) is 2.69. The molecule has 0 spiro atoms. The molecular weight excluding hydrogens is 314 g/mol. The summed E-state index contributed by atoms with van der Waals surface area (Å²) in [5.41, 5.74) is 0. The molecule has 0 unspecified atom stereocenters. The van der Waals surface area contributed by atoms with E-state index in [0.29, 0.717) is 0 Å². The van der Waals surface area contributed by atoms with Crippen molar-refractivity contribution in [3.05, 3.63) is 22.8 Å². The minimum atomic E-state index is 0.925. The second-order valence-electron chi connectivity index (χ2n) is 2.45. The molecule has 2 heterocycles. The Hall–Kier alpha value is -0.110. The fraction of sp³-hybridized carbons (Fsp3) is 0.125. The molecule has 0 amide bonds. The highest BCUT2D eigenvalue weighted by atomic mass is 79.9. The molecule has 0 saturated heterocycles. The summed E-state index contributed by atoms with van der Waals surface area (Å²) < 4.78 is 2.89. The number of thioether (sulfide) groups is 1. The minimum Gasteiger partial charge on any atom is -0.248 e. The molecule has 0 aromatic carbocycles. The Morgan fingerprint density at radius 1 is 1.27 bits per heavy atom. The quantitative estimate of drug-likeness (QED) is 0.809. The fourth-order valence-corrected chi connectivity index (χ4v) is 3.39. The lowest BCUT2D eigenvalue weighted by atomic mass is 10.5. The topological polar surface area (TPSA) is 38.7 Å². The van der Waals surface area contributed by atoms with Crippen LogP contribution in [0.15, 0.2) is 36.5 Å². The van der Waals surface area contributed by atoms with Crippen LogP contribution in [0.25, 0.3) is 0 Å². The molecule has 0 aliphatic rings. The normalized spacial score (nSPS) is 10.5. The van der Waals surface area contributed by atoms with Crippen LogP contribution in [0.3, 0.4) is 0 Å². The fourth-order valence-electron chi connectivity index (χ4n) is 0.833. The lowest BCUT2D eigenvalue weighted by Gasteiger charge is -1.94. The van der Waals surface area contributed by atoms with Gasteiger partial charge in [-0.25, -0.2) is 4.98 Å². The van der Waals surface area contributed by atoms with Gasteiger partial charge in [0.25, 0.3) is 0 Å². The third-order valence-electron chi connectivity index (χ3n) is 1.45. The molecule has 0 saturated carbocycles. The van der Waals surface area contributed by atoms with Gasteiger partial charge in [-0.15, -0.1) is 10.2 Å². The van der Waals surface area contributed by atoms with Gasteiger partial charge in [0, 0.05) is 10.7 Å². The van der Waals surface area contributed by atoms with Crippen LogP contribution in [0.5, 0.6) is 0 Å². The lowest BCUT2D eigenvalue weighted by Crippen LogP contribution is -1.78. The third-order valence-corrected chi connectivity index (χ3v) is 4.82. The van der Waals surface area contributed by atoms with Gasteiger partial charge in [-0.05, 0) is 46.1 Å². The second-order valence-corrected chi connectivity index (χ2v) is 6.67. The van der Waals surface area contributed by atoms with Crippen molar-refractivity contribution in [2.75, 3.05) is 6.26 Å². The molecule has 0 aliphatic carbocycles. The van der Waals surface area contributed by atoms with E-state index in [9.17, 15) is 0 Å². The molecule has 0 bridgehead atoms. The Morgan fingerprint density at radius 2 is 2.07 bits per heavy atom. The van der Waals surface area contributed by atoms with Gasteiger partial charge in [0.15, 0.2) is 8.68 Å². The first-order valence-electron chi connectivity index (χ1n) is 3.95. The van der Waals surface area contributed by atoms with Gasteiger partial charge in [-0.2, -0.15) is 0 Å². The molecule has 0 N–H and O–H groups in total. The van der Waals surface area contributed by atoms with Gasteiger partial charge in [0.05, 0.1) is 0 Å². The SMILES string of the molecule is CSc1nnc(Sc2ccc(Br)cn2)s1. The summed E-state index contributed by atoms with van der Waals surface area (Å²) in [6.45, 7) is 0. The Balaban J connectivity index is 2.11. The number of hydrogen-bond acceptors (Lipinski definition) is 6. The van der Waals surface area contributed by atoms with Gasteiger partial charge in [0.1, 0.15) is 5.03 Å². The summed E-state index contributed by atoms with van der Waals surface area (Å²) in [7, 11) is 0. The van der Waals surface area contributed by atoms with Crippen molar-refractivity contribution in [2.24, 2.45) is 0 Å². The molecule has 0 fully saturated rings. The van der Waals surface area contributed by atoms with Gasteiger partial charge >= 0.3 is 0 Å². The van der Waals surface area contributed by atoms with E-state index in [0.717, 1.165) is 18.2 Å². The number of nitrogens with zero attached hydrogens (tertiary/aromatic N) is 3. The first-order valence-corrected chi connectivity index (χ1v) is 7.60. The van der Waals surface area contributed by atoms with E-state index in [1.54, 1.807) is 29.3 Å². The van der Waals surface area contributed by atoms with E-state index < -0.39 is 0 Å². The molecule has 2 rings (SSSR count). The van der Waals surface area contributed by atoms with Gasteiger partial charge < -0.3 is 0 Å². The zero-order valence-electron chi connectivity index (χ0n) is 7.68. The van der Waals surface area contributed by atoms with Crippen molar-refractivity contribution in [3.8, 4) is 0 Å². The maximum absolute atomic E-state index is 4.26. The van der Waals surface area contributed by atoms with E-state index in [-0.39, 0.29) is 0 Å². The predicted molar refractivity (Wildman–Crippen MR) is 67.8 cm³/mol. The maximum Gasteiger partial charge on any atom is 0.181 e. The molecule has 0 radical (unpaired) electrons. The van der Waals surface area contributed by atoms with Crippen molar-refractivity contribution >= 4 is 50.8 Å². The number of halogens is 1. The highest BCUT2D eigenvalue weighted by Gasteiger charge is 2.05. The van der Waals surface area contributed by atoms with Crippen LogP contribution in [-0.2, 0) is 0 Å². The third kappa shape index (κ3) is 3.17. The Morgan fingerprint density at radius 3 is 2.67 bits per heavy atom. The van der Waals surface area contributed by atoms with E-state index in [1.807, 2.05) is 18.4 Å².